The molecule has 1 aliphatic heterocycles. The van der Waals surface area contributed by atoms with Gasteiger partial charge in [0, 0.05) is 11.3 Å². The average molecular weight is 257 g/mol. The van der Waals surface area contributed by atoms with E-state index >= 15 is 0 Å². The number of allylic oxidation sites excluding steroid dienone is 1. The van der Waals surface area contributed by atoms with Gasteiger partial charge < -0.3 is 5.32 Å². The Labute approximate surface area is 115 Å². The van der Waals surface area contributed by atoms with Crippen LogP contribution in [0.15, 0.2) is 30.5 Å². The highest BCUT2D eigenvalue weighted by Crippen LogP contribution is 2.28. The minimum atomic E-state index is 0.0415. The quantitative estimate of drug-likeness (QED) is 0.566. The Morgan fingerprint density at radius 1 is 1.11 bits per heavy atom. The van der Waals surface area contributed by atoms with Crippen molar-refractivity contribution >= 4 is 11.5 Å². The van der Waals surface area contributed by atoms with Crippen molar-refractivity contribution in [3.8, 4) is 0 Å². The zero-order valence-electron chi connectivity index (χ0n) is 11.8. The van der Waals surface area contributed by atoms with Crippen molar-refractivity contribution < 1.29 is 4.79 Å². The molecule has 0 saturated heterocycles. The van der Waals surface area contributed by atoms with Gasteiger partial charge in [0.2, 0.25) is 5.78 Å². The van der Waals surface area contributed by atoms with Gasteiger partial charge in [0.05, 0.1) is 5.70 Å². The van der Waals surface area contributed by atoms with E-state index < -0.39 is 0 Å². The first kappa shape index (κ1) is 13.9. The maximum atomic E-state index is 11.8. The monoisotopic (exact) mass is 257 g/mol. The second-order valence-electron chi connectivity index (χ2n) is 5.33. The molecule has 0 aromatic heterocycles. The highest BCUT2D eigenvalue weighted by atomic mass is 16.1. The Bertz CT molecular complexity index is 476. The number of nitrogens with one attached hydrogen (secondary N) is 1. The van der Waals surface area contributed by atoms with Gasteiger partial charge in [0.15, 0.2) is 0 Å². The number of benzene rings is 1. The minimum absolute atomic E-state index is 0.0415. The molecule has 0 spiro atoms. The first-order chi connectivity index (χ1) is 9.22. The Kier molecular flexibility index (Phi) is 4.78. The topological polar surface area (TPSA) is 29.1 Å². The molecule has 0 unspecified atom stereocenters. The molecule has 19 heavy (non-hydrogen) atoms. The smallest absolute Gasteiger partial charge is 0.210 e. The Hall–Kier alpha value is -1.57. The van der Waals surface area contributed by atoms with Gasteiger partial charge >= 0.3 is 0 Å². The normalized spacial score (nSPS) is 13.5. The van der Waals surface area contributed by atoms with E-state index in [1.54, 1.807) is 0 Å². The van der Waals surface area contributed by atoms with E-state index in [1.165, 1.54) is 44.1 Å². The molecule has 0 radical (unpaired) electrons. The van der Waals surface area contributed by atoms with Crippen molar-refractivity contribution in [1.82, 2.24) is 0 Å². The molecule has 0 fully saturated rings. The maximum absolute atomic E-state index is 11.8. The number of hydrogen-bond acceptors (Lipinski definition) is 2. The molecule has 0 amide bonds. The molecule has 1 aromatic rings. The van der Waals surface area contributed by atoms with Gasteiger partial charge in [-0.3, -0.25) is 4.79 Å². The SMILES string of the molecule is C=C1Nc2ccc(CCCCCCCC)cc2C1=O. The number of rotatable bonds is 7. The van der Waals surface area contributed by atoms with Crippen LogP contribution in [0, 0.1) is 0 Å². The molecule has 0 atom stereocenters. The van der Waals surface area contributed by atoms with E-state index in [1.807, 2.05) is 12.1 Å². The average Bonchev–Trinajstić information content (AvgIpc) is 2.70. The van der Waals surface area contributed by atoms with Crippen LogP contribution >= 0.6 is 0 Å². The van der Waals surface area contributed by atoms with Crippen LogP contribution < -0.4 is 5.32 Å². The van der Waals surface area contributed by atoms with E-state index in [0.717, 1.165) is 17.7 Å². The van der Waals surface area contributed by atoms with E-state index in [0.29, 0.717) is 5.70 Å². The minimum Gasteiger partial charge on any atom is -0.352 e. The van der Waals surface area contributed by atoms with Crippen LogP contribution in [0.3, 0.4) is 0 Å². The fourth-order valence-corrected chi connectivity index (χ4v) is 2.54. The lowest BCUT2D eigenvalue weighted by Crippen LogP contribution is -1.97. The first-order valence-electron chi connectivity index (χ1n) is 7.36. The summed E-state index contributed by atoms with van der Waals surface area (Å²) >= 11 is 0. The third-order valence-corrected chi connectivity index (χ3v) is 3.71. The van der Waals surface area contributed by atoms with Crippen molar-refractivity contribution in [2.45, 2.75) is 51.9 Å². The summed E-state index contributed by atoms with van der Waals surface area (Å²) in [4.78, 5) is 11.8. The van der Waals surface area contributed by atoms with Gasteiger partial charge in [0.1, 0.15) is 0 Å². The summed E-state index contributed by atoms with van der Waals surface area (Å²) in [6.45, 7) is 5.96. The van der Waals surface area contributed by atoms with E-state index in [9.17, 15) is 4.79 Å². The molecule has 0 aliphatic carbocycles. The molecule has 1 aromatic carbocycles. The van der Waals surface area contributed by atoms with Crippen molar-refractivity contribution in [2.24, 2.45) is 0 Å². The summed E-state index contributed by atoms with van der Waals surface area (Å²) in [6, 6.07) is 6.14. The van der Waals surface area contributed by atoms with Crippen LogP contribution in [-0.4, -0.2) is 5.78 Å². The van der Waals surface area contributed by atoms with Crippen LogP contribution in [0.5, 0.6) is 0 Å². The van der Waals surface area contributed by atoms with Gasteiger partial charge in [0.25, 0.3) is 0 Å². The van der Waals surface area contributed by atoms with Crippen LogP contribution in [-0.2, 0) is 6.42 Å². The number of carbonyl (C=O) groups is 1. The highest BCUT2D eigenvalue weighted by Gasteiger charge is 2.22. The fourth-order valence-electron chi connectivity index (χ4n) is 2.54. The van der Waals surface area contributed by atoms with E-state index in [4.69, 9.17) is 0 Å². The van der Waals surface area contributed by atoms with Crippen molar-refractivity contribution in [1.29, 1.82) is 0 Å². The fraction of sp³-hybridized carbons (Fsp3) is 0.471. The second-order valence-corrected chi connectivity index (χ2v) is 5.33. The predicted octanol–water partition coefficient (Wildman–Crippen LogP) is 4.71. The van der Waals surface area contributed by atoms with Crippen LogP contribution in [0.1, 0.15) is 61.4 Å². The van der Waals surface area contributed by atoms with Gasteiger partial charge in [-0.2, -0.15) is 0 Å². The first-order valence-corrected chi connectivity index (χ1v) is 7.36. The predicted molar refractivity (Wildman–Crippen MR) is 80.6 cm³/mol. The Morgan fingerprint density at radius 3 is 2.63 bits per heavy atom. The van der Waals surface area contributed by atoms with E-state index in [2.05, 4.69) is 24.9 Å². The summed E-state index contributed by atoms with van der Waals surface area (Å²) in [5.74, 6) is 0.0415. The number of hydrogen-bond donors (Lipinski definition) is 1. The third-order valence-electron chi connectivity index (χ3n) is 3.71. The van der Waals surface area contributed by atoms with Gasteiger partial charge in [-0.05, 0) is 30.5 Å². The summed E-state index contributed by atoms with van der Waals surface area (Å²) in [5, 5.41) is 3.02. The largest absolute Gasteiger partial charge is 0.352 e. The Balaban J connectivity index is 1.83. The standard InChI is InChI=1S/C17H23NO/c1-3-4-5-6-7-8-9-14-10-11-16-15(12-14)17(19)13(2)18-16/h10-12,18H,2-9H2,1H3. The van der Waals surface area contributed by atoms with Gasteiger partial charge in [-0.15, -0.1) is 0 Å². The van der Waals surface area contributed by atoms with Crippen LogP contribution in [0.2, 0.25) is 0 Å². The number of unbranched alkanes of at least 4 members (excludes halogenated alkanes) is 5. The molecular formula is C17H23NO. The lowest BCUT2D eigenvalue weighted by Gasteiger charge is -2.04. The van der Waals surface area contributed by atoms with Crippen molar-refractivity contribution in [3.05, 3.63) is 41.6 Å². The molecular weight excluding hydrogens is 234 g/mol. The zero-order valence-corrected chi connectivity index (χ0v) is 11.8. The molecule has 2 heteroatoms. The van der Waals surface area contributed by atoms with E-state index in [-0.39, 0.29) is 5.78 Å². The number of Topliss-reactive ketones (excluding diaryl/α,β-unsaturated/α-hetero) is 1. The number of fused-ring (bicyclic) bond motifs is 1. The lowest BCUT2D eigenvalue weighted by atomic mass is 10.0. The van der Waals surface area contributed by atoms with Gasteiger partial charge in [-0.1, -0.05) is 51.7 Å². The molecule has 0 bridgehead atoms. The van der Waals surface area contributed by atoms with Crippen LogP contribution in [0.4, 0.5) is 5.69 Å². The summed E-state index contributed by atoms with van der Waals surface area (Å²) < 4.78 is 0. The summed E-state index contributed by atoms with van der Waals surface area (Å²) in [5.41, 5.74) is 3.45. The summed E-state index contributed by atoms with van der Waals surface area (Å²) in [6.07, 6.45) is 8.89. The summed E-state index contributed by atoms with van der Waals surface area (Å²) in [7, 11) is 0. The number of aryl methyl sites for hydroxylation is 1. The maximum Gasteiger partial charge on any atom is 0.210 e. The zero-order chi connectivity index (χ0) is 13.7. The molecule has 1 N–H and O–H groups in total. The molecule has 1 heterocycles. The Morgan fingerprint density at radius 2 is 1.84 bits per heavy atom. The lowest BCUT2D eigenvalue weighted by molar-refractivity contribution is 0.104. The number of carbonyl (C=O) groups excluding carboxylic acids is 1. The highest BCUT2D eigenvalue weighted by molar-refractivity contribution is 6.18. The second kappa shape index (κ2) is 6.55. The number of anilines is 1. The molecule has 2 rings (SSSR count). The molecule has 102 valence electrons. The van der Waals surface area contributed by atoms with Crippen molar-refractivity contribution in [2.75, 3.05) is 5.32 Å². The molecule has 0 saturated carbocycles. The van der Waals surface area contributed by atoms with Gasteiger partial charge in [-0.25, -0.2) is 0 Å². The van der Waals surface area contributed by atoms with Crippen molar-refractivity contribution in [3.63, 3.8) is 0 Å². The molecule has 2 nitrogen and oxygen atoms in total. The third kappa shape index (κ3) is 3.46. The molecule has 1 aliphatic rings. The van der Waals surface area contributed by atoms with Crippen LogP contribution in [0.25, 0.3) is 0 Å². The number of ketones is 1.